The van der Waals surface area contributed by atoms with Crippen LogP contribution < -0.4 is 0 Å². The van der Waals surface area contributed by atoms with Crippen LogP contribution in [0.25, 0.3) is 0 Å². The Morgan fingerprint density at radius 2 is 1.54 bits per heavy atom. The molecule has 0 aromatic heterocycles. The molecule has 0 radical (unpaired) electrons. The van der Waals surface area contributed by atoms with E-state index in [2.05, 4.69) is 20.8 Å². The zero-order valence-electron chi connectivity index (χ0n) is 9.68. The fourth-order valence-electron chi connectivity index (χ4n) is 0.975. The molecule has 0 heterocycles. The highest BCUT2D eigenvalue weighted by Gasteiger charge is 2.18. The van der Waals surface area contributed by atoms with E-state index in [0.717, 1.165) is 13.0 Å². The first-order valence-corrected chi connectivity index (χ1v) is 5.02. The van der Waals surface area contributed by atoms with Crippen LogP contribution in [0.2, 0.25) is 0 Å². The smallest absolute Gasteiger partial charge is 0.0648 e. The molecule has 0 aliphatic heterocycles. The first-order valence-electron chi connectivity index (χ1n) is 5.02. The number of aliphatic hydroxyl groups excluding tert-OH is 1. The van der Waals surface area contributed by atoms with E-state index in [4.69, 9.17) is 9.84 Å². The van der Waals surface area contributed by atoms with Crippen LogP contribution in [0, 0.1) is 5.41 Å². The van der Waals surface area contributed by atoms with Crippen LogP contribution in [0.3, 0.4) is 0 Å². The molecule has 0 amide bonds. The predicted octanol–water partition coefficient (Wildman–Crippen LogP) is 2.60. The van der Waals surface area contributed by atoms with Crippen LogP contribution in [0.1, 0.15) is 47.5 Å². The highest BCUT2D eigenvalue weighted by Crippen LogP contribution is 2.21. The molecule has 0 spiro atoms. The van der Waals surface area contributed by atoms with Crippen LogP contribution in [0.15, 0.2) is 0 Å². The van der Waals surface area contributed by atoms with Gasteiger partial charge in [-0.1, -0.05) is 20.8 Å². The SMILES string of the molecule is CC(C)(C)CCOC(C)(C)CCO. The van der Waals surface area contributed by atoms with Crippen LogP contribution in [0.4, 0.5) is 0 Å². The Balaban J connectivity index is 3.63. The summed E-state index contributed by atoms with van der Waals surface area (Å²) in [6.45, 7) is 11.6. The van der Waals surface area contributed by atoms with E-state index in [0.29, 0.717) is 11.8 Å². The molecule has 2 nitrogen and oxygen atoms in total. The Morgan fingerprint density at radius 1 is 1.00 bits per heavy atom. The molecule has 0 aliphatic rings. The lowest BCUT2D eigenvalue weighted by Crippen LogP contribution is -2.27. The Labute approximate surface area is 82.3 Å². The summed E-state index contributed by atoms with van der Waals surface area (Å²) in [7, 11) is 0. The van der Waals surface area contributed by atoms with Crippen molar-refractivity contribution in [1.82, 2.24) is 0 Å². The molecule has 0 fully saturated rings. The maximum atomic E-state index is 8.78. The third kappa shape index (κ3) is 8.26. The fourth-order valence-corrected chi connectivity index (χ4v) is 0.975. The van der Waals surface area contributed by atoms with E-state index in [1.807, 2.05) is 13.8 Å². The Kier molecular flexibility index (Phi) is 4.93. The second kappa shape index (κ2) is 4.97. The molecule has 1 N–H and O–H groups in total. The summed E-state index contributed by atoms with van der Waals surface area (Å²) in [4.78, 5) is 0. The van der Waals surface area contributed by atoms with E-state index in [9.17, 15) is 0 Å². The molecule has 0 rings (SSSR count). The molecule has 0 saturated carbocycles. The third-order valence-electron chi connectivity index (χ3n) is 2.06. The molecular formula is C11H24O2. The topological polar surface area (TPSA) is 29.5 Å². The molecule has 2 heteroatoms. The molecule has 0 unspecified atom stereocenters. The maximum Gasteiger partial charge on any atom is 0.0648 e. The van der Waals surface area contributed by atoms with Crippen molar-refractivity contribution >= 4 is 0 Å². The molecule has 80 valence electrons. The van der Waals surface area contributed by atoms with E-state index >= 15 is 0 Å². The van der Waals surface area contributed by atoms with Crippen molar-refractivity contribution in [2.24, 2.45) is 5.41 Å². The minimum Gasteiger partial charge on any atom is -0.396 e. The third-order valence-corrected chi connectivity index (χ3v) is 2.06. The van der Waals surface area contributed by atoms with Crippen molar-refractivity contribution in [3.05, 3.63) is 0 Å². The molecule has 0 aromatic carbocycles. The summed E-state index contributed by atoms with van der Waals surface area (Å²) < 4.78 is 5.69. The molecule has 0 saturated heterocycles. The second-order valence-corrected chi connectivity index (χ2v) is 5.39. The van der Waals surface area contributed by atoms with Crippen molar-refractivity contribution in [2.75, 3.05) is 13.2 Å². The summed E-state index contributed by atoms with van der Waals surface area (Å²) in [6.07, 6.45) is 1.76. The zero-order chi connectivity index (χ0) is 10.5. The Bertz CT molecular complexity index is 134. The van der Waals surface area contributed by atoms with Crippen LogP contribution in [-0.4, -0.2) is 23.9 Å². The van der Waals surface area contributed by atoms with Gasteiger partial charge in [0.2, 0.25) is 0 Å². The van der Waals surface area contributed by atoms with Gasteiger partial charge in [0.25, 0.3) is 0 Å². The van der Waals surface area contributed by atoms with Crippen LogP contribution in [-0.2, 0) is 4.74 Å². The fraction of sp³-hybridized carbons (Fsp3) is 1.00. The minimum atomic E-state index is -0.181. The zero-order valence-corrected chi connectivity index (χ0v) is 9.68. The molecule has 13 heavy (non-hydrogen) atoms. The summed E-state index contributed by atoms with van der Waals surface area (Å²) in [5.41, 5.74) is 0.148. The number of rotatable bonds is 5. The van der Waals surface area contributed by atoms with E-state index in [1.165, 1.54) is 0 Å². The number of hydrogen-bond donors (Lipinski definition) is 1. The first kappa shape index (κ1) is 12.9. The van der Waals surface area contributed by atoms with Gasteiger partial charge in [-0.3, -0.25) is 0 Å². The predicted molar refractivity (Wildman–Crippen MR) is 55.8 cm³/mol. The van der Waals surface area contributed by atoms with Crippen molar-refractivity contribution in [3.8, 4) is 0 Å². The van der Waals surface area contributed by atoms with Crippen molar-refractivity contribution in [3.63, 3.8) is 0 Å². The average Bonchev–Trinajstić information content (AvgIpc) is 1.82. The summed E-state index contributed by atoms with van der Waals surface area (Å²) >= 11 is 0. The molecule has 0 aromatic rings. The quantitative estimate of drug-likeness (QED) is 0.718. The minimum absolute atomic E-state index is 0.181. The lowest BCUT2D eigenvalue weighted by molar-refractivity contribution is -0.0411. The van der Waals surface area contributed by atoms with Gasteiger partial charge < -0.3 is 9.84 Å². The molecule has 0 atom stereocenters. The standard InChI is InChI=1S/C11H24O2/c1-10(2,3)7-9-13-11(4,5)6-8-12/h12H,6-9H2,1-5H3. The van der Waals surface area contributed by atoms with E-state index in [-0.39, 0.29) is 12.2 Å². The van der Waals surface area contributed by atoms with Gasteiger partial charge >= 0.3 is 0 Å². The van der Waals surface area contributed by atoms with Gasteiger partial charge in [0, 0.05) is 13.2 Å². The van der Waals surface area contributed by atoms with Crippen molar-refractivity contribution < 1.29 is 9.84 Å². The van der Waals surface area contributed by atoms with Crippen molar-refractivity contribution in [1.29, 1.82) is 0 Å². The number of aliphatic hydroxyl groups is 1. The van der Waals surface area contributed by atoms with E-state index in [1.54, 1.807) is 0 Å². The van der Waals surface area contributed by atoms with Gasteiger partial charge in [-0.2, -0.15) is 0 Å². The van der Waals surface area contributed by atoms with Crippen LogP contribution >= 0.6 is 0 Å². The normalized spacial score (nSPS) is 13.4. The van der Waals surface area contributed by atoms with Gasteiger partial charge in [-0.25, -0.2) is 0 Å². The Morgan fingerprint density at radius 3 is 1.92 bits per heavy atom. The summed E-state index contributed by atoms with van der Waals surface area (Å²) in [5, 5.41) is 8.78. The summed E-state index contributed by atoms with van der Waals surface area (Å²) in [6, 6.07) is 0. The maximum absolute atomic E-state index is 8.78. The second-order valence-electron chi connectivity index (χ2n) is 5.39. The van der Waals surface area contributed by atoms with Gasteiger partial charge in [0.05, 0.1) is 5.60 Å². The number of ether oxygens (including phenoxy) is 1. The first-order chi connectivity index (χ1) is 5.77. The van der Waals surface area contributed by atoms with Gasteiger partial charge in [0.1, 0.15) is 0 Å². The molecule has 0 aliphatic carbocycles. The van der Waals surface area contributed by atoms with Gasteiger partial charge in [-0.15, -0.1) is 0 Å². The Hall–Kier alpha value is -0.0800. The van der Waals surface area contributed by atoms with Gasteiger partial charge in [-0.05, 0) is 32.1 Å². The molecule has 0 bridgehead atoms. The number of hydrogen-bond acceptors (Lipinski definition) is 2. The molecular weight excluding hydrogens is 164 g/mol. The van der Waals surface area contributed by atoms with Gasteiger partial charge in [0.15, 0.2) is 0 Å². The lowest BCUT2D eigenvalue weighted by Gasteiger charge is -2.27. The largest absolute Gasteiger partial charge is 0.396 e. The summed E-state index contributed by atoms with van der Waals surface area (Å²) in [5.74, 6) is 0. The highest BCUT2D eigenvalue weighted by atomic mass is 16.5. The highest BCUT2D eigenvalue weighted by molar-refractivity contribution is 4.69. The lowest BCUT2D eigenvalue weighted by atomic mass is 9.93. The van der Waals surface area contributed by atoms with Crippen molar-refractivity contribution in [2.45, 2.75) is 53.1 Å². The monoisotopic (exact) mass is 188 g/mol. The average molecular weight is 188 g/mol. The van der Waals surface area contributed by atoms with Crippen LogP contribution in [0.5, 0.6) is 0 Å². The van der Waals surface area contributed by atoms with E-state index < -0.39 is 0 Å².